The molecule has 0 radical (unpaired) electrons. The first kappa shape index (κ1) is 19.6. The summed E-state index contributed by atoms with van der Waals surface area (Å²) in [5, 5.41) is 0. The highest BCUT2D eigenvalue weighted by Gasteiger charge is 2.48. The Labute approximate surface area is 171 Å². The summed E-state index contributed by atoms with van der Waals surface area (Å²) in [5.74, 6) is 0.326. The van der Waals surface area contributed by atoms with Crippen molar-refractivity contribution in [2.45, 2.75) is 31.9 Å². The molecule has 154 valence electrons. The number of amides is 1. The maximum Gasteiger partial charge on any atom is 0.307 e. The van der Waals surface area contributed by atoms with Gasteiger partial charge in [0, 0.05) is 45.6 Å². The lowest BCUT2D eigenvalue weighted by Crippen LogP contribution is -2.53. The minimum absolute atomic E-state index is 0.0220. The number of aryl methyl sites for hydroxylation is 1. The molecule has 2 aliphatic rings. The zero-order valence-corrected chi connectivity index (χ0v) is 17.2. The number of hydrogen-bond donors (Lipinski definition) is 0. The number of hydrogen-bond acceptors (Lipinski definition) is 5. The van der Waals surface area contributed by atoms with Crippen LogP contribution in [0.25, 0.3) is 0 Å². The molecular weight excluding hydrogens is 368 g/mol. The molecule has 7 nitrogen and oxygen atoms in total. The van der Waals surface area contributed by atoms with Gasteiger partial charge in [0.1, 0.15) is 11.4 Å². The van der Waals surface area contributed by atoms with Crippen LogP contribution in [0.2, 0.25) is 0 Å². The van der Waals surface area contributed by atoms with Crippen molar-refractivity contribution in [3.63, 3.8) is 0 Å². The highest BCUT2D eigenvalue weighted by molar-refractivity contribution is 5.87. The van der Waals surface area contributed by atoms with E-state index in [4.69, 9.17) is 4.74 Å². The normalized spacial score (nSPS) is 23.1. The van der Waals surface area contributed by atoms with Crippen LogP contribution in [0.4, 0.5) is 0 Å². The smallest absolute Gasteiger partial charge is 0.307 e. The van der Waals surface area contributed by atoms with Crippen LogP contribution in [0.15, 0.2) is 42.7 Å². The summed E-state index contributed by atoms with van der Waals surface area (Å²) >= 11 is 0. The van der Waals surface area contributed by atoms with E-state index in [-0.39, 0.29) is 24.3 Å². The molecule has 0 spiro atoms. The van der Waals surface area contributed by atoms with Crippen LogP contribution < -0.4 is 0 Å². The quantitative estimate of drug-likeness (QED) is 0.740. The SMILES string of the molecule is Cn1ccnc1[C@@H](c1ccccc1)N1CCN(C(=O)[C@H]2CC(=O)OC2(C)C)CC1. The standard InChI is InChI=1S/C22H28N4O3/c1-22(2)17(15-18(27)29-22)21(28)26-13-11-25(12-14-26)19(16-7-5-4-6-8-16)20-23-9-10-24(20)3/h4-10,17,19H,11-15H2,1-3H3/t17-,19-/m1/s1. The van der Waals surface area contributed by atoms with Gasteiger partial charge in [0.25, 0.3) is 0 Å². The number of esters is 1. The van der Waals surface area contributed by atoms with E-state index in [0.29, 0.717) is 13.1 Å². The van der Waals surface area contributed by atoms with Gasteiger partial charge in [0.15, 0.2) is 0 Å². The van der Waals surface area contributed by atoms with Gasteiger partial charge in [-0.1, -0.05) is 30.3 Å². The van der Waals surface area contributed by atoms with E-state index in [1.807, 2.05) is 56.4 Å². The Morgan fingerprint density at radius 3 is 2.41 bits per heavy atom. The summed E-state index contributed by atoms with van der Waals surface area (Å²) in [6.07, 6.45) is 3.96. The molecule has 0 aliphatic carbocycles. The fourth-order valence-corrected chi connectivity index (χ4v) is 4.42. The summed E-state index contributed by atoms with van der Waals surface area (Å²) in [7, 11) is 2.01. The van der Waals surface area contributed by atoms with Crippen molar-refractivity contribution in [1.82, 2.24) is 19.4 Å². The van der Waals surface area contributed by atoms with Gasteiger partial charge in [0.05, 0.1) is 18.4 Å². The second-order valence-corrected chi connectivity index (χ2v) is 8.41. The molecular formula is C22H28N4O3. The Kier molecular flexibility index (Phi) is 5.17. The van der Waals surface area contributed by atoms with Crippen molar-refractivity contribution in [1.29, 1.82) is 0 Å². The molecule has 7 heteroatoms. The summed E-state index contributed by atoms with van der Waals surface area (Å²) in [5.41, 5.74) is 0.461. The van der Waals surface area contributed by atoms with Crippen molar-refractivity contribution >= 4 is 11.9 Å². The monoisotopic (exact) mass is 396 g/mol. The zero-order chi connectivity index (χ0) is 20.6. The third-order valence-electron chi connectivity index (χ3n) is 6.09. The van der Waals surface area contributed by atoms with E-state index in [9.17, 15) is 9.59 Å². The number of benzene rings is 1. The molecule has 2 saturated heterocycles. The van der Waals surface area contributed by atoms with Gasteiger partial charge in [-0.3, -0.25) is 14.5 Å². The molecule has 3 heterocycles. The van der Waals surface area contributed by atoms with E-state index in [1.54, 1.807) is 0 Å². The number of carbonyl (C=O) groups is 2. The Balaban J connectivity index is 1.49. The second kappa shape index (κ2) is 7.63. The lowest BCUT2D eigenvalue weighted by molar-refractivity contribution is -0.149. The van der Waals surface area contributed by atoms with Crippen molar-refractivity contribution in [3.05, 3.63) is 54.1 Å². The average Bonchev–Trinajstić information content (AvgIpc) is 3.24. The first-order valence-corrected chi connectivity index (χ1v) is 10.1. The number of ether oxygens (including phenoxy) is 1. The summed E-state index contributed by atoms with van der Waals surface area (Å²) in [4.78, 5) is 33.6. The molecule has 29 heavy (non-hydrogen) atoms. The van der Waals surface area contributed by atoms with Gasteiger partial charge in [-0.2, -0.15) is 0 Å². The summed E-state index contributed by atoms with van der Waals surface area (Å²) in [6, 6.07) is 10.4. The largest absolute Gasteiger partial charge is 0.459 e. The Hall–Kier alpha value is -2.67. The number of nitrogens with zero attached hydrogens (tertiary/aromatic N) is 4. The van der Waals surface area contributed by atoms with E-state index in [0.717, 1.165) is 18.9 Å². The zero-order valence-electron chi connectivity index (χ0n) is 17.2. The molecule has 1 amide bonds. The maximum atomic E-state index is 13.0. The fourth-order valence-electron chi connectivity index (χ4n) is 4.42. The van der Waals surface area contributed by atoms with Gasteiger partial charge >= 0.3 is 5.97 Å². The van der Waals surface area contributed by atoms with Crippen LogP contribution in [0.1, 0.15) is 37.7 Å². The molecule has 0 bridgehead atoms. The first-order chi connectivity index (χ1) is 13.9. The van der Waals surface area contributed by atoms with Crippen LogP contribution in [0, 0.1) is 5.92 Å². The van der Waals surface area contributed by atoms with E-state index < -0.39 is 11.5 Å². The van der Waals surface area contributed by atoms with Crippen LogP contribution in [0.5, 0.6) is 0 Å². The predicted molar refractivity (Wildman–Crippen MR) is 108 cm³/mol. The van der Waals surface area contributed by atoms with Crippen LogP contribution in [-0.2, 0) is 21.4 Å². The number of aromatic nitrogens is 2. The molecule has 2 fully saturated rings. The molecule has 0 unspecified atom stereocenters. The molecule has 2 atom stereocenters. The van der Waals surface area contributed by atoms with Gasteiger partial charge in [-0.25, -0.2) is 4.98 Å². The van der Waals surface area contributed by atoms with Crippen molar-refractivity contribution < 1.29 is 14.3 Å². The van der Waals surface area contributed by atoms with Gasteiger partial charge < -0.3 is 14.2 Å². The average molecular weight is 396 g/mol. The Morgan fingerprint density at radius 1 is 1.17 bits per heavy atom. The summed E-state index contributed by atoms with van der Waals surface area (Å²) in [6.45, 7) is 6.41. The lowest BCUT2D eigenvalue weighted by atomic mass is 9.89. The Morgan fingerprint density at radius 2 is 1.86 bits per heavy atom. The number of carbonyl (C=O) groups excluding carboxylic acids is 2. The van der Waals surface area contributed by atoms with Crippen molar-refractivity contribution in [3.8, 4) is 0 Å². The molecule has 0 N–H and O–H groups in total. The van der Waals surface area contributed by atoms with Gasteiger partial charge in [-0.15, -0.1) is 0 Å². The van der Waals surface area contributed by atoms with Crippen LogP contribution in [-0.4, -0.2) is 63.0 Å². The van der Waals surface area contributed by atoms with Gasteiger partial charge in [0.2, 0.25) is 5.91 Å². The van der Waals surface area contributed by atoms with Gasteiger partial charge in [-0.05, 0) is 19.4 Å². The Bertz CT molecular complexity index is 884. The second-order valence-electron chi connectivity index (χ2n) is 8.41. The topological polar surface area (TPSA) is 67.7 Å². The minimum atomic E-state index is -0.731. The van der Waals surface area contributed by atoms with Crippen LogP contribution >= 0.6 is 0 Å². The lowest BCUT2D eigenvalue weighted by Gasteiger charge is -2.40. The highest BCUT2D eigenvalue weighted by Crippen LogP contribution is 2.34. The van der Waals surface area contributed by atoms with E-state index >= 15 is 0 Å². The third-order valence-corrected chi connectivity index (χ3v) is 6.09. The van der Waals surface area contributed by atoms with E-state index in [2.05, 4.69) is 26.6 Å². The van der Waals surface area contributed by atoms with Crippen LogP contribution in [0.3, 0.4) is 0 Å². The molecule has 1 aromatic carbocycles. The van der Waals surface area contributed by atoms with Crippen molar-refractivity contribution in [2.24, 2.45) is 13.0 Å². The predicted octanol–water partition coefficient (Wildman–Crippen LogP) is 2.00. The van der Waals surface area contributed by atoms with E-state index in [1.165, 1.54) is 5.56 Å². The fraction of sp³-hybridized carbons (Fsp3) is 0.500. The molecule has 2 aliphatic heterocycles. The molecule has 4 rings (SSSR count). The number of rotatable bonds is 4. The number of cyclic esters (lactones) is 1. The van der Waals surface area contributed by atoms with Crippen molar-refractivity contribution in [2.75, 3.05) is 26.2 Å². The number of piperazine rings is 1. The first-order valence-electron chi connectivity index (χ1n) is 10.1. The summed E-state index contributed by atoms with van der Waals surface area (Å²) < 4.78 is 7.40. The highest BCUT2D eigenvalue weighted by atomic mass is 16.6. The molecule has 1 aromatic heterocycles. The molecule has 2 aromatic rings. The third kappa shape index (κ3) is 3.79. The number of imidazole rings is 1. The molecule has 0 saturated carbocycles. The maximum absolute atomic E-state index is 13.0. The minimum Gasteiger partial charge on any atom is -0.459 e.